The van der Waals surface area contributed by atoms with E-state index in [-0.39, 0.29) is 17.2 Å². The van der Waals surface area contributed by atoms with Gasteiger partial charge in [-0.25, -0.2) is 18.1 Å². The Morgan fingerprint density at radius 1 is 1.23 bits per heavy atom. The number of ether oxygens (including phenoxy) is 2. The molecule has 1 aromatic heterocycles. The minimum Gasteiger partial charge on any atom is -0.497 e. The van der Waals surface area contributed by atoms with Crippen molar-refractivity contribution in [2.45, 2.75) is 25.3 Å². The van der Waals surface area contributed by atoms with Gasteiger partial charge in [-0.3, -0.25) is 0 Å². The summed E-state index contributed by atoms with van der Waals surface area (Å²) >= 11 is 0. The van der Waals surface area contributed by atoms with E-state index in [0.29, 0.717) is 23.1 Å². The Bertz CT molecular complexity index is 768. The molecule has 0 fully saturated rings. The third-order valence-electron chi connectivity index (χ3n) is 3.08. The minimum absolute atomic E-state index is 0.0180. The van der Waals surface area contributed by atoms with Crippen molar-refractivity contribution in [1.82, 2.24) is 9.71 Å². The average molecular weight is 326 g/mol. The number of nitrogens with zero attached hydrogens (tertiary/aromatic N) is 1. The van der Waals surface area contributed by atoms with Crippen molar-refractivity contribution in [2.75, 3.05) is 14.2 Å². The molecule has 120 valence electrons. The Balaban J connectivity index is 2.25. The van der Waals surface area contributed by atoms with E-state index in [4.69, 9.17) is 13.9 Å². The molecule has 0 spiro atoms. The second-order valence-corrected chi connectivity index (χ2v) is 6.32. The van der Waals surface area contributed by atoms with Crippen LogP contribution in [0.3, 0.4) is 0 Å². The monoisotopic (exact) mass is 326 g/mol. The number of hydrogen-bond donors (Lipinski definition) is 1. The highest BCUT2D eigenvalue weighted by Crippen LogP contribution is 2.28. The Morgan fingerprint density at radius 2 is 1.95 bits per heavy atom. The Hall–Kier alpha value is -2.06. The van der Waals surface area contributed by atoms with Gasteiger partial charge in [0.2, 0.25) is 10.0 Å². The van der Waals surface area contributed by atoms with Gasteiger partial charge in [0.25, 0.3) is 0 Å². The van der Waals surface area contributed by atoms with Gasteiger partial charge >= 0.3 is 0 Å². The van der Waals surface area contributed by atoms with Crippen LogP contribution < -0.4 is 14.2 Å². The summed E-state index contributed by atoms with van der Waals surface area (Å²) in [6.45, 7) is 3.48. The standard InChI is InChI=1S/C14H18N2O5S/c1-9-13(21-10(2)16-9)8-15-22(17,18)14-6-5-11(19-3)7-12(14)20-4/h5-7,15H,8H2,1-4H3. The molecule has 0 saturated carbocycles. The van der Waals surface area contributed by atoms with Gasteiger partial charge in [-0.2, -0.15) is 0 Å². The molecule has 8 heteroatoms. The lowest BCUT2D eigenvalue weighted by atomic mass is 10.3. The number of oxazole rings is 1. The molecule has 0 aliphatic carbocycles. The molecule has 22 heavy (non-hydrogen) atoms. The van der Waals surface area contributed by atoms with E-state index < -0.39 is 10.0 Å². The molecule has 0 atom stereocenters. The summed E-state index contributed by atoms with van der Waals surface area (Å²) in [6, 6.07) is 4.50. The molecule has 2 rings (SSSR count). The number of benzene rings is 1. The van der Waals surface area contributed by atoms with Gasteiger partial charge in [0.15, 0.2) is 5.89 Å². The van der Waals surface area contributed by atoms with E-state index in [0.717, 1.165) is 0 Å². The molecule has 0 amide bonds. The van der Waals surface area contributed by atoms with Crippen LogP contribution in [0.2, 0.25) is 0 Å². The maximum absolute atomic E-state index is 12.4. The van der Waals surface area contributed by atoms with Gasteiger partial charge in [-0.05, 0) is 19.1 Å². The van der Waals surface area contributed by atoms with Crippen molar-refractivity contribution in [1.29, 1.82) is 0 Å². The lowest BCUT2D eigenvalue weighted by Gasteiger charge is -2.11. The van der Waals surface area contributed by atoms with Crippen LogP contribution in [0.25, 0.3) is 0 Å². The number of aromatic nitrogens is 1. The topological polar surface area (TPSA) is 90.7 Å². The third kappa shape index (κ3) is 3.40. The Labute approximate surface area is 129 Å². The molecular formula is C14H18N2O5S. The molecule has 7 nitrogen and oxygen atoms in total. The first-order valence-electron chi connectivity index (χ1n) is 6.52. The van der Waals surface area contributed by atoms with Crippen LogP contribution in [0.15, 0.2) is 27.5 Å². The van der Waals surface area contributed by atoms with E-state index in [1.165, 1.54) is 26.4 Å². The maximum Gasteiger partial charge on any atom is 0.244 e. The summed E-state index contributed by atoms with van der Waals surface area (Å²) < 4.78 is 42.8. The van der Waals surface area contributed by atoms with Gasteiger partial charge in [0.1, 0.15) is 22.2 Å². The zero-order chi connectivity index (χ0) is 16.3. The second kappa shape index (κ2) is 6.37. The van der Waals surface area contributed by atoms with Gasteiger partial charge in [0, 0.05) is 13.0 Å². The minimum atomic E-state index is -3.75. The number of aryl methyl sites for hydroxylation is 2. The number of nitrogens with one attached hydrogen (secondary N) is 1. The molecule has 0 aliphatic rings. The fourth-order valence-electron chi connectivity index (χ4n) is 1.97. The van der Waals surface area contributed by atoms with Gasteiger partial charge in [-0.1, -0.05) is 0 Å². The van der Waals surface area contributed by atoms with Crippen molar-refractivity contribution < 1.29 is 22.3 Å². The molecule has 0 radical (unpaired) electrons. The summed E-state index contributed by atoms with van der Waals surface area (Å²) in [4.78, 5) is 4.13. The normalized spacial score (nSPS) is 11.5. The third-order valence-corrected chi connectivity index (χ3v) is 4.52. The summed E-state index contributed by atoms with van der Waals surface area (Å²) in [5, 5.41) is 0. The predicted octanol–water partition coefficient (Wildman–Crippen LogP) is 1.79. The van der Waals surface area contributed by atoms with Gasteiger partial charge < -0.3 is 13.9 Å². The largest absolute Gasteiger partial charge is 0.497 e. The number of methoxy groups -OCH3 is 2. The van der Waals surface area contributed by atoms with Crippen LogP contribution >= 0.6 is 0 Å². The molecular weight excluding hydrogens is 308 g/mol. The molecule has 1 N–H and O–H groups in total. The summed E-state index contributed by atoms with van der Waals surface area (Å²) in [7, 11) is -0.855. The van der Waals surface area contributed by atoms with Crippen LogP contribution in [0, 0.1) is 13.8 Å². The molecule has 0 aliphatic heterocycles. The Morgan fingerprint density at radius 3 is 2.50 bits per heavy atom. The quantitative estimate of drug-likeness (QED) is 0.870. The van der Waals surface area contributed by atoms with Crippen molar-refractivity contribution in [2.24, 2.45) is 0 Å². The van der Waals surface area contributed by atoms with E-state index in [2.05, 4.69) is 9.71 Å². The number of hydrogen-bond acceptors (Lipinski definition) is 6. The first kappa shape index (κ1) is 16.3. The number of rotatable bonds is 6. The first-order valence-corrected chi connectivity index (χ1v) is 8.00. The highest BCUT2D eigenvalue weighted by atomic mass is 32.2. The van der Waals surface area contributed by atoms with Crippen molar-refractivity contribution in [3.05, 3.63) is 35.5 Å². The first-order chi connectivity index (χ1) is 10.4. The van der Waals surface area contributed by atoms with E-state index in [1.807, 2.05) is 0 Å². The van der Waals surface area contributed by atoms with Gasteiger partial charge in [0.05, 0.1) is 26.5 Å². The molecule has 0 bridgehead atoms. The fraction of sp³-hybridized carbons (Fsp3) is 0.357. The Kier molecular flexibility index (Phi) is 4.72. The summed E-state index contributed by atoms with van der Waals surface area (Å²) in [5.74, 6) is 1.69. The van der Waals surface area contributed by atoms with Crippen LogP contribution in [-0.4, -0.2) is 27.6 Å². The van der Waals surface area contributed by atoms with E-state index in [9.17, 15) is 8.42 Å². The second-order valence-electron chi connectivity index (χ2n) is 4.58. The molecule has 0 saturated heterocycles. The van der Waals surface area contributed by atoms with Crippen LogP contribution in [0.1, 0.15) is 17.3 Å². The maximum atomic E-state index is 12.4. The summed E-state index contributed by atoms with van der Waals surface area (Å²) in [6.07, 6.45) is 0. The lowest BCUT2D eigenvalue weighted by molar-refractivity contribution is 0.385. The number of sulfonamides is 1. The summed E-state index contributed by atoms with van der Waals surface area (Å²) in [5.41, 5.74) is 0.655. The zero-order valence-electron chi connectivity index (χ0n) is 12.8. The van der Waals surface area contributed by atoms with Crippen molar-refractivity contribution >= 4 is 10.0 Å². The average Bonchev–Trinajstić information content (AvgIpc) is 2.82. The van der Waals surface area contributed by atoms with E-state index >= 15 is 0 Å². The van der Waals surface area contributed by atoms with Crippen LogP contribution in [-0.2, 0) is 16.6 Å². The van der Waals surface area contributed by atoms with E-state index in [1.54, 1.807) is 19.9 Å². The van der Waals surface area contributed by atoms with Crippen LogP contribution in [0.5, 0.6) is 11.5 Å². The zero-order valence-corrected chi connectivity index (χ0v) is 13.7. The predicted molar refractivity (Wildman–Crippen MR) is 79.5 cm³/mol. The van der Waals surface area contributed by atoms with Crippen molar-refractivity contribution in [3.8, 4) is 11.5 Å². The fourth-order valence-corrected chi connectivity index (χ4v) is 3.10. The molecule has 1 aromatic carbocycles. The van der Waals surface area contributed by atoms with Crippen molar-refractivity contribution in [3.63, 3.8) is 0 Å². The highest BCUT2D eigenvalue weighted by Gasteiger charge is 2.21. The lowest BCUT2D eigenvalue weighted by Crippen LogP contribution is -2.24. The molecule has 2 aromatic rings. The molecule has 0 unspecified atom stereocenters. The van der Waals surface area contributed by atoms with Gasteiger partial charge in [-0.15, -0.1) is 0 Å². The SMILES string of the molecule is COc1ccc(S(=O)(=O)NCc2oc(C)nc2C)c(OC)c1. The highest BCUT2D eigenvalue weighted by molar-refractivity contribution is 7.89. The van der Waals surface area contributed by atoms with Crippen LogP contribution in [0.4, 0.5) is 0 Å². The molecule has 1 heterocycles. The smallest absolute Gasteiger partial charge is 0.244 e.